The van der Waals surface area contributed by atoms with E-state index < -0.39 is 15.7 Å². The minimum absolute atomic E-state index is 0.0711. The quantitative estimate of drug-likeness (QED) is 0.417. The maximum Gasteiger partial charge on any atom is 0.254 e. The van der Waals surface area contributed by atoms with E-state index in [9.17, 15) is 13.5 Å². The number of rotatable bonds is 9. The summed E-state index contributed by atoms with van der Waals surface area (Å²) in [4.78, 5) is 0. The van der Waals surface area contributed by atoms with Crippen LogP contribution in [0.25, 0.3) is 0 Å². The van der Waals surface area contributed by atoms with Gasteiger partial charge < -0.3 is 20.5 Å². The molecule has 0 aliphatic carbocycles. The van der Waals surface area contributed by atoms with E-state index in [-0.39, 0.29) is 18.2 Å². The van der Waals surface area contributed by atoms with Gasteiger partial charge in [0.05, 0.1) is 24.2 Å². The van der Waals surface area contributed by atoms with Crippen molar-refractivity contribution in [2.75, 3.05) is 42.1 Å². The molecule has 1 unspecified atom stereocenters. The number of nitrogens with zero attached hydrogens (tertiary/aromatic N) is 1. The number of aliphatic hydroxyl groups is 1. The molecule has 5 N–H and O–H groups in total. The van der Waals surface area contributed by atoms with Gasteiger partial charge in [0, 0.05) is 12.2 Å². The molecule has 2 aromatic carbocycles. The van der Waals surface area contributed by atoms with Gasteiger partial charge in [-0.25, -0.2) is 8.42 Å². The van der Waals surface area contributed by atoms with Gasteiger partial charge in [-0.2, -0.15) is 11.8 Å². The monoisotopic (exact) mass is 464 g/mol. The van der Waals surface area contributed by atoms with Crippen molar-refractivity contribution in [3.63, 3.8) is 0 Å². The number of fused-ring (bicyclic) bond motifs is 1. The molecule has 0 spiro atoms. The van der Waals surface area contributed by atoms with Gasteiger partial charge in [-0.1, -0.05) is 18.2 Å². The number of anilines is 2. The number of amidine groups is 1. The van der Waals surface area contributed by atoms with Crippen molar-refractivity contribution in [3.05, 3.63) is 53.6 Å². The number of nitrogens with one attached hydrogen (secondary N) is 2. The average molecular weight is 465 g/mol. The number of ether oxygens (including phenoxy) is 1. The Hall–Kier alpha value is -2.27. The Kier molecular flexibility index (Phi) is 7.47. The van der Waals surface area contributed by atoms with E-state index in [4.69, 9.17) is 10.5 Å². The van der Waals surface area contributed by atoms with Crippen LogP contribution < -0.4 is 21.1 Å². The summed E-state index contributed by atoms with van der Waals surface area (Å²) < 4.78 is 35.0. The van der Waals surface area contributed by atoms with Crippen LogP contribution in [-0.4, -0.2) is 50.8 Å². The molecule has 168 valence electrons. The second kappa shape index (κ2) is 9.90. The van der Waals surface area contributed by atoms with Crippen LogP contribution in [0.2, 0.25) is 0 Å². The van der Waals surface area contributed by atoms with E-state index in [0.29, 0.717) is 35.5 Å². The molecule has 1 aliphatic heterocycles. The lowest BCUT2D eigenvalue weighted by Gasteiger charge is -2.39. The lowest BCUT2D eigenvalue weighted by Crippen LogP contribution is -2.57. The van der Waals surface area contributed by atoms with Gasteiger partial charge in [0.25, 0.3) is 10.0 Å². The Morgan fingerprint density at radius 1 is 1.23 bits per heavy atom. The van der Waals surface area contributed by atoms with Crippen molar-refractivity contribution < 1.29 is 18.3 Å². The van der Waals surface area contributed by atoms with Gasteiger partial charge in [0.2, 0.25) is 0 Å². The SMILES string of the molecule is COc1ccc(CCO)c(C2(N)Nc3ccccc3N/C2=N\S(=O)(=O)CCCSC)c1. The van der Waals surface area contributed by atoms with Crippen molar-refractivity contribution in [2.24, 2.45) is 10.1 Å². The standard InChI is InChI=1S/C21H28N4O4S2/c1-29-16-9-8-15(10-11-26)17(14-16)21(22)20(25-31(27,28)13-5-12-30-2)23-18-6-3-4-7-19(18)24-21/h3-4,6-9,14,24,26H,5,10-13,22H2,1-2H3,(H,23,25). The van der Waals surface area contributed by atoms with Crippen LogP contribution in [0.1, 0.15) is 17.5 Å². The Bertz CT molecular complexity index is 1060. The highest BCUT2D eigenvalue weighted by molar-refractivity contribution is 7.98. The highest BCUT2D eigenvalue weighted by Gasteiger charge is 2.41. The fourth-order valence-electron chi connectivity index (χ4n) is 3.45. The molecule has 0 bridgehead atoms. The van der Waals surface area contributed by atoms with E-state index in [1.165, 1.54) is 0 Å². The van der Waals surface area contributed by atoms with E-state index in [1.54, 1.807) is 31.0 Å². The van der Waals surface area contributed by atoms with Crippen LogP contribution in [0, 0.1) is 0 Å². The molecule has 3 rings (SSSR count). The van der Waals surface area contributed by atoms with Gasteiger partial charge in [-0.15, -0.1) is 4.40 Å². The van der Waals surface area contributed by atoms with Crippen LogP contribution in [0.15, 0.2) is 46.9 Å². The first-order chi connectivity index (χ1) is 14.8. The first-order valence-corrected chi connectivity index (χ1v) is 12.9. The average Bonchev–Trinajstić information content (AvgIpc) is 2.74. The molecular weight excluding hydrogens is 436 g/mol. The van der Waals surface area contributed by atoms with Crippen LogP contribution in [0.3, 0.4) is 0 Å². The minimum Gasteiger partial charge on any atom is -0.497 e. The molecule has 0 aromatic heterocycles. The van der Waals surface area contributed by atoms with Gasteiger partial charge in [0.1, 0.15) is 5.75 Å². The Morgan fingerprint density at radius 2 is 1.97 bits per heavy atom. The topological polar surface area (TPSA) is 126 Å². The molecule has 1 heterocycles. The first kappa shape index (κ1) is 23.4. The van der Waals surface area contributed by atoms with Crippen molar-refractivity contribution in [3.8, 4) is 5.75 Å². The number of benzene rings is 2. The summed E-state index contributed by atoms with van der Waals surface area (Å²) in [6, 6.07) is 12.7. The number of thioether (sulfide) groups is 1. The summed E-state index contributed by atoms with van der Waals surface area (Å²) in [6.07, 6.45) is 2.77. The molecule has 1 atom stereocenters. The maximum atomic E-state index is 12.8. The predicted molar refractivity (Wildman–Crippen MR) is 128 cm³/mol. The Balaban J connectivity index is 2.15. The molecule has 1 aliphatic rings. The van der Waals surface area contributed by atoms with Gasteiger partial charge in [-0.3, -0.25) is 5.73 Å². The molecular formula is C21H28N4O4S2. The summed E-state index contributed by atoms with van der Waals surface area (Å²) in [7, 11) is -2.22. The van der Waals surface area contributed by atoms with Crippen LogP contribution in [-0.2, 0) is 22.1 Å². The zero-order valence-electron chi connectivity index (χ0n) is 17.6. The summed E-state index contributed by atoms with van der Waals surface area (Å²) >= 11 is 1.58. The smallest absolute Gasteiger partial charge is 0.254 e. The fraction of sp³-hybridized carbons (Fsp3) is 0.381. The molecule has 0 fully saturated rings. The molecule has 0 amide bonds. The Labute approximate surface area is 187 Å². The highest BCUT2D eigenvalue weighted by atomic mass is 32.2. The molecule has 0 saturated heterocycles. The molecule has 31 heavy (non-hydrogen) atoms. The number of para-hydroxylation sites is 2. The number of hydrogen-bond donors (Lipinski definition) is 4. The zero-order valence-corrected chi connectivity index (χ0v) is 19.2. The molecule has 0 radical (unpaired) electrons. The van der Waals surface area contributed by atoms with Gasteiger partial charge in [0.15, 0.2) is 11.5 Å². The molecule has 8 nitrogen and oxygen atoms in total. The lowest BCUT2D eigenvalue weighted by atomic mass is 9.90. The number of nitrogens with two attached hydrogens (primary N) is 1. The van der Waals surface area contributed by atoms with E-state index >= 15 is 0 Å². The zero-order chi connectivity index (χ0) is 22.5. The van der Waals surface area contributed by atoms with Gasteiger partial charge >= 0.3 is 0 Å². The van der Waals surface area contributed by atoms with E-state index in [1.807, 2.05) is 36.6 Å². The normalized spacial score (nSPS) is 19.4. The number of hydrogen-bond acceptors (Lipinski definition) is 7. The van der Waals surface area contributed by atoms with Crippen molar-refractivity contribution >= 4 is 39.0 Å². The van der Waals surface area contributed by atoms with Crippen molar-refractivity contribution in [1.82, 2.24) is 0 Å². The lowest BCUT2D eigenvalue weighted by molar-refractivity contribution is 0.299. The second-order valence-electron chi connectivity index (χ2n) is 7.17. The van der Waals surface area contributed by atoms with Gasteiger partial charge in [-0.05, 0) is 54.7 Å². The summed E-state index contributed by atoms with van der Waals surface area (Å²) in [5, 5.41) is 15.9. The minimum atomic E-state index is -3.76. The first-order valence-electron chi connectivity index (χ1n) is 9.86. The summed E-state index contributed by atoms with van der Waals surface area (Å²) in [5.74, 6) is 1.29. The second-order valence-corrected chi connectivity index (χ2v) is 9.91. The number of sulfonamides is 1. The third-order valence-corrected chi connectivity index (χ3v) is 6.95. The maximum absolute atomic E-state index is 12.8. The largest absolute Gasteiger partial charge is 0.497 e. The van der Waals surface area contributed by atoms with Crippen molar-refractivity contribution in [1.29, 1.82) is 0 Å². The van der Waals surface area contributed by atoms with Crippen molar-refractivity contribution in [2.45, 2.75) is 18.5 Å². The number of methoxy groups -OCH3 is 1. The molecule has 10 heteroatoms. The predicted octanol–water partition coefficient (Wildman–Crippen LogP) is 2.36. The highest BCUT2D eigenvalue weighted by Crippen LogP contribution is 2.37. The summed E-state index contributed by atoms with van der Waals surface area (Å²) in [5.41, 5.74) is 8.08. The number of aliphatic hydroxyl groups excluding tert-OH is 1. The molecule has 2 aromatic rings. The van der Waals surface area contributed by atoms with Crippen LogP contribution in [0.5, 0.6) is 5.75 Å². The van der Waals surface area contributed by atoms with E-state index in [0.717, 1.165) is 11.3 Å². The molecule has 0 saturated carbocycles. The van der Waals surface area contributed by atoms with E-state index in [2.05, 4.69) is 15.0 Å². The third kappa shape index (κ3) is 5.32. The van der Waals surface area contributed by atoms with Crippen LogP contribution in [0.4, 0.5) is 11.4 Å². The summed E-state index contributed by atoms with van der Waals surface area (Å²) in [6.45, 7) is -0.0844. The fourth-order valence-corrected chi connectivity index (χ4v) is 5.13. The third-order valence-electron chi connectivity index (χ3n) is 4.99. The van der Waals surface area contributed by atoms with Crippen LogP contribution >= 0.6 is 11.8 Å². The Morgan fingerprint density at radius 3 is 2.65 bits per heavy atom.